The van der Waals surface area contributed by atoms with Crippen LogP contribution in [-0.2, 0) is 20.9 Å². The second-order valence-corrected chi connectivity index (χ2v) is 8.33. The van der Waals surface area contributed by atoms with E-state index in [0.717, 1.165) is 21.7 Å². The van der Waals surface area contributed by atoms with Crippen LogP contribution in [0.1, 0.15) is 28.5 Å². The summed E-state index contributed by atoms with van der Waals surface area (Å²) in [6.45, 7) is 2.09. The third kappa shape index (κ3) is 4.18. The lowest BCUT2D eigenvalue weighted by Gasteiger charge is -2.27. The van der Waals surface area contributed by atoms with E-state index in [9.17, 15) is 9.59 Å². The Morgan fingerprint density at radius 3 is 2.69 bits per heavy atom. The Kier molecular flexibility index (Phi) is 5.65. The number of amides is 1. The lowest BCUT2D eigenvalue weighted by Crippen LogP contribution is -2.30. The molecule has 1 saturated heterocycles. The van der Waals surface area contributed by atoms with Crippen molar-refractivity contribution in [2.45, 2.75) is 26.0 Å². The number of carbonyl (C=O) groups excluding carboxylic acids is 2. The van der Waals surface area contributed by atoms with Crippen LogP contribution < -0.4 is 4.90 Å². The number of carbonyl (C=O) groups is 2. The maximum atomic E-state index is 12.9. The first-order chi connectivity index (χ1) is 14.0. The highest BCUT2D eigenvalue weighted by Gasteiger charge is 2.46. The van der Waals surface area contributed by atoms with Crippen molar-refractivity contribution in [2.75, 3.05) is 4.90 Å². The van der Waals surface area contributed by atoms with Crippen LogP contribution in [-0.4, -0.2) is 16.9 Å². The van der Waals surface area contributed by atoms with Gasteiger partial charge in [0.1, 0.15) is 11.8 Å². The molecule has 4 rings (SSSR count). The summed E-state index contributed by atoms with van der Waals surface area (Å²) in [6, 6.07) is 14.7. The number of aromatic nitrogens is 1. The number of nitrogens with zero attached hydrogens (tertiary/aromatic N) is 2. The van der Waals surface area contributed by atoms with Crippen molar-refractivity contribution in [2.24, 2.45) is 5.92 Å². The van der Waals surface area contributed by atoms with Gasteiger partial charge in [0.15, 0.2) is 0 Å². The summed E-state index contributed by atoms with van der Waals surface area (Å²) in [4.78, 5) is 32.5. The van der Waals surface area contributed by atoms with Gasteiger partial charge < -0.3 is 9.64 Å². The van der Waals surface area contributed by atoms with E-state index in [1.165, 1.54) is 11.3 Å². The maximum absolute atomic E-state index is 12.9. The molecule has 1 amide bonds. The van der Waals surface area contributed by atoms with Gasteiger partial charge in [0.25, 0.3) is 0 Å². The number of hydrogen-bond acceptors (Lipinski definition) is 5. The Morgan fingerprint density at radius 2 is 2.03 bits per heavy atom. The summed E-state index contributed by atoms with van der Waals surface area (Å²) in [5.74, 6) is -1.04. The SMILES string of the molecule is Cc1ccc(N2C(=O)CC(C(=O)OCc3ccc(Cl)nc3)C2c2cccs2)cc1. The highest BCUT2D eigenvalue weighted by Crippen LogP contribution is 2.43. The largest absolute Gasteiger partial charge is 0.460 e. The number of pyridine rings is 1. The topological polar surface area (TPSA) is 59.5 Å². The molecule has 7 heteroatoms. The fourth-order valence-corrected chi connectivity index (χ4v) is 4.49. The van der Waals surface area contributed by atoms with E-state index < -0.39 is 5.92 Å². The van der Waals surface area contributed by atoms with Crippen LogP contribution in [0.5, 0.6) is 0 Å². The molecule has 0 bridgehead atoms. The van der Waals surface area contributed by atoms with Gasteiger partial charge in [0.05, 0.1) is 12.0 Å². The molecule has 148 valence electrons. The van der Waals surface area contributed by atoms with Gasteiger partial charge in [-0.3, -0.25) is 9.59 Å². The Balaban J connectivity index is 1.58. The molecule has 0 saturated carbocycles. The second-order valence-electron chi connectivity index (χ2n) is 6.97. The number of benzene rings is 1. The summed E-state index contributed by atoms with van der Waals surface area (Å²) in [7, 11) is 0. The summed E-state index contributed by atoms with van der Waals surface area (Å²) >= 11 is 7.33. The summed E-state index contributed by atoms with van der Waals surface area (Å²) < 4.78 is 5.54. The van der Waals surface area contributed by atoms with Crippen LogP contribution in [0.15, 0.2) is 60.1 Å². The highest BCUT2D eigenvalue weighted by molar-refractivity contribution is 7.10. The van der Waals surface area contributed by atoms with Crippen molar-refractivity contribution in [1.29, 1.82) is 0 Å². The zero-order valence-electron chi connectivity index (χ0n) is 15.7. The number of thiophene rings is 1. The van der Waals surface area contributed by atoms with E-state index in [1.807, 2.05) is 48.7 Å². The predicted octanol–water partition coefficient (Wildman–Crippen LogP) is 4.94. The Hall–Kier alpha value is -2.70. The van der Waals surface area contributed by atoms with Crippen LogP contribution in [0.3, 0.4) is 0 Å². The molecule has 3 heterocycles. The van der Waals surface area contributed by atoms with Crippen LogP contribution in [0.2, 0.25) is 5.15 Å². The van der Waals surface area contributed by atoms with Gasteiger partial charge in [0.2, 0.25) is 5.91 Å². The van der Waals surface area contributed by atoms with Gasteiger partial charge in [-0.25, -0.2) is 4.98 Å². The number of aryl methyl sites for hydroxylation is 1. The molecule has 1 aliphatic rings. The van der Waals surface area contributed by atoms with Crippen molar-refractivity contribution in [3.8, 4) is 0 Å². The minimum absolute atomic E-state index is 0.0811. The lowest BCUT2D eigenvalue weighted by molar-refractivity contribution is -0.150. The number of ether oxygens (including phenoxy) is 1. The zero-order valence-corrected chi connectivity index (χ0v) is 17.3. The summed E-state index contributed by atoms with van der Waals surface area (Å²) in [5.41, 5.74) is 2.65. The minimum Gasteiger partial charge on any atom is -0.460 e. The predicted molar refractivity (Wildman–Crippen MR) is 113 cm³/mol. The number of anilines is 1. The molecule has 2 unspecified atom stereocenters. The number of hydrogen-bond donors (Lipinski definition) is 0. The molecule has 0 radical (unpaired) electrons. The van der Waals surface area contributed by atoms with E-state index >= 15 is 0 Å². The third-order valence-electron chi connectivity index (χ3n) is 4.94. The molecule has 1 aromatic carbocycles. The smallest absolute Gasteiger partial charge is 0.312 e. The third-order valence-corrected chi connectivity index (χ3v) is 6.11. The molecule has 1 aliphatic heterocycles. The van der Waals surface area contributed by atoms with Crippen molar-refractivity contribution in [1.82, 2.24) is 4.98 Å². The quantitative estimate of drug-likeness (QED) is 0.428. The van der Waals surface area contributed by atoms with Gasteiger partial charge in [-0.1, -0.05) is 41.4 Å². The Morgan fingerprint density at radius 1 is 1.24 bits per heavy atom. The minimum atomic E-state index is -0.567. The van der Waals surface area contributed by atoms with E-state index in [2.05, 4.69) is 4.98 Å². The zero-order chi connectivity index (χ0) is 20.4. The van der Waals surface area contributed by atoms with Gasteiger partial charge >= 0.3 is 5.97 Å². The molecule has 2 atom stereocenters. The van der Waals surface area contributed by atoms with E-state index in [-0.39, 0.29) is 30.9 Å². The molecule has 29 heavy (non-hydrogen) atoms. The first kappa shape index (κ1) is 19.6. The molecule has 0 N–H and O–H groups in total. The van der Waals surface area contributed by atoms with Gasteiger partial charge in [0, 0.05) is 28.7 Å². The molecule has 2 aromatic heterocycles. The molecule has 3 aromatic rings. The van der Waals surface area contributed by atoms with Gasteiger partial charge in [-0.05, 0) is 36.6 Å². The van der Waals surface area contributed by atoms with E-state index in [0.29, 0.717) is 5.15 Å². The first-order valence-electron chi connectivity index (χ1n) is 9.22. The van der Waals surface area contributed by atoms with Crippen molar-refractivity contribution in [3.05, 3.63) is 81.3 Å². The van der Waals surface area contributed by atoms with Gasteiger partial charge in [-0.2, -0.15) is 0 Å². The molecular formula is C22H19ClN2O3S. The number of esters is 1. The molecule has 1 fully saturated rings. The first-order valence-corrected chi connectivity index (χ1v) is 10.5. The normalized spacial score (nSPS) is 18.8. The van der Waals surface area contributed by atoms with Crippen LogP contribution >= 0.6 is 22.9 Å². The molecule has 0 aliphatic carbocycles. The van der Waals surface area contributed by atoms with Crippen molar-refractivity contribution in [3.63, 3.8) is 0 Å². The molecular weight excluding hydrogens is 408 g/mol. The van der Waals surface area contributed by atoms with Crippen LogP contribution in [0.25, 0.3) is 0 Å². The average molecular weight is 427 g/mol. The summed E-state index contributed by atoms with van der Waals surface area (Å²) in [5, 5.41) is 2.33. The lowest BCUT2D eigenvalue weighted by atomic mass is 9.98. The monoisotopic (exact) mass is 426 g/mol. The standard InChI is InChI=1S/C22H19ClN2O3S/c1-14-4-7-16(8-5-14)25-20(26)11-17(21(25)18-3-2-10-29-18)22(27)28-13-15-6-9-19(23)24-12-15/h2-10,12,17,21H,11,13H2,1H3. The van der Waals surface area contributed by atoms with Gasteiger partial charge in [-0.15, -0.1) is 11.3 Å². The fraction of sp³-hybridized carbons (Fsp3) is 0.227. The highest BCUT2D eigenvalue weighted by atomic mass is 35.5. The average Bonchev–Trinajstić information content (AvgIpc) is 3.36. The second kappa shape index (κ2) is 8.35. The summed E-state index contributed by atoms with van der Waals surface area (Å²) in [6.07, 6.45) is 1.69. The van der Waals surface area contributed by atoms with Crippen LogP contribution in [0.4, 0.5) is 5.69 Å². The Bertz CT molecular complexity index is 1000. The maximum Gasteiger partial charge on any atom is 0.312 e. The van der Waals surface area contributed by atoms with Crippen LogP contribution in [0, 0.1) is 12.8 Å². The fourth-order valence-electron chi connectivity index (χ4n) is 3.49. The van der Waals surface area contributed by atoms with E-state index in [1.54, 1.807) is 23.2 Å². The number of halogens is 1. The molecule has 0 spiro atoms. The molecule has 5 nitrogen and oxygen atoms in total. The van der Waals surface area contributed by atoms with Crippen molar-refractivity contribution >= 4 is 40.5 Å². The van der Waals surface area contributed by atoms with Crippen molar-refractivity contribution < 1.29 is 14.3 Å². The van der Waals surface area contributed by atoms with E-state index in [4.69, 9.17) is 16.3 Å². The number of rotatable bonds is 5. The Labute approximate surface area is 177 Å².